The topological polar surface area (TPSA) is 111 Å². The van der Waals surface area contributed by atoms with Crippen LogP contribution in [-0.2, 0) is 14.8 Å². The smallest absolute Gasteiger partial charge is 0.241 e. The van der Waals surface area contributed by atoms with E-state index in [-0.39, 0.29) is 29.4 Å². The molecule has 0 aromatic heterocycles. The average molecular weight is 461 g/mol. The van der Waals surface area contributed by atoms with Gasteiger partial charge in [-0.2, -0.15) is 0 Å². The molecule has 0 saturated carbocycles. The van der Waals surface area contributed by atoms with Crippen molar-refractivity contribution in [1.82, 2.24) is 4.72 Å². The van der Waals surface area contributed by atoms with Crippen LogP contribution in [0.3, 0.4) is 0 Å². The highest BCUT2D eigenvalue weighted by Crippen LogP contribution is 2.31. The standard InChI is InChI=1S/C23H28N2O6S/c1-23(2,3)25-32(28,29)18-7-4-6-17(15-18)24-22(27)11-9-19(26)16-8-10-20-21(14-16)31-13-5-12-30-20/h4,6-8,10,14-15,25H,5,9,11-13H2,1-3H3,(H,24,27). The quantitative estimate of drug-likeness (QED) is 0.612. The van der Waals surface area contributed by atoms with Gasteiger partial charge >= 0.3 is 0 Å². The minimum Gasteiger partial charge on any atom is -0.490 e. The number of nitrogens with one attached hydrogen (secondary N) is 2. The van der Waals surface area contributed by atoms with Crippen LogP contribution in [0.5, 0.6) is 11.5 Å². The molecule has 1 amide bonds. The van der Waals surface area contributed by atoms with Gasteiger partial charge in [0.2, 0.25) is 15.9 Å². The third-order valence-corrected chi connectivity index (χ3v) is 6.27. The summed E-state index contributed by atoms with van der Waals surface area (Å²) in [4.78, 5) is 24.9. The molecule has 1 heterocycles. The van der Waals surface area contributed by atoms with Gasteiger partial charge in [0.25, 0.3) is 0 Å². The molecule has 0 unspecified atom stereocenters. The van der Waals surface area contributed by atoms with Crippen molar-refractivity contribution in [2.24, 2.45) is 0 Å². The number of ketones is 1. The lowest BCUT2D eigenvalue weighted by atomic mass is 10.1. The molecule has 0 bridgehead atoms. The third kappa shape index (κ3) is 6.54. The highest BCUT2D eigenvalue weighted by molar-refractivity contribution is 7.89. The second-order valence-electron chi connectivity index (χ2n) is 8.57. The van der Waals surface area contributed by atoms with E-state index in [4.69, 9.17) is 9.47 Å². The zero-order chi connectivity index (χ0) is 23.4. The van der Waals surface area contributed by atoms with Gasteiger partial charge in [0.1, 0.15) is 0 Å². The molecule has 0 aliphatic carbocycles. The van der Waals surface area contributed by atoms with Gasteiger partial charge in [0.05, 0.1) is 18.1 Å². The second kappa shape index (κ2) is 9.70. The fraction of sp³-hybridized carbons (Fsp3) is 0.391. The molecule has 2 N–H and O–H groups in total. The van der Waals surface area contributed by atoms with E-state index >= 15 is 0 Å². The van der Waals surface area contributed by atoms with Gasteiger partial charge in [0.15, 0.2) is 17.3 Å². The molecular weight excluding hydrogens is 432 g/mol. The number of benzene rings is 2. The number of anilines is 1. The molecule has 172 valence electrons. The van der Waals surface area contributed by atoms with Crippen LogP contribution in [-0.4, -0.2) is 38.9 Å². The van der Waals surface area contributed by atoms with E-state index in [1.165, 1.54) is 12.1 Å². The molecule has 0 spiro atoms. The summed E-state index contributed by atoms with van der Waals surface area (Å²) >= 11 is 0. The lowest BCUT2D eigenvalue weighted by Crippen LogP contribution is -2.40. The molecule has 1 aliphatic rings. The van der Waals surface area contributed by atoms with Crippen LogP contribution in [0.25, 0.3) is 0 Å². The summed E-state index contributed by atoms with van der Waals surface area (Å²) < 4.78 is 38.7. The SMILES string of the molecule is CC(C)(C)NS(=O)(=O)c1cccc(NC(=O)CCC(=O)c2ccc3c(c2)OCCCO3)c1. The lowest BCUT2D eigenvalue weighted by molar-refractivity contribution is -0.116. The Labute approximate surface area is 188 Å². The molecule has 0 saturated heterocycles. The molecule has 0 atom stereocenters. The summed E-state index contributed by atoms with van der Waals surface area (Å²) in [5.41, 5.74) is 0.157. The summed E-state index contributed by atoms with van der Waals surface area (Å²) in [5.74, 6) is 0.555. The minimum absolute atomic E-state index is 0.00897. The first-order chi connectivity index (χ1) is 15.0. The van der Waals surface area contributed by atoms with Crippen molar-refractivity contribution in [3.8, 4) is 11.5 Å². The largest absolute Gasteiger partial charge is 0.490 e. The van der Waals surface area contributed by atoms with Gasteiger partial charge in [0, 0.05) is 36.1 Å². The van der Waals surface area contributed by atoms with E-state index in [0.717, 1.165) is 6.42 Å². The first-order valence-corrected chi connectivity index (χ1v) is 11.9. The Balaban J connectivity index is 1.59. The molecular formula is C23H28N2O6S. The van der Waals surface area contributed by atoms with Crippen molar-refractivity contribution < 1.29 is 27.5 Å². The Bertz CT molecular complexity index is 1110. The Morgan fingerprint density at radius 2 is 1.69 bits per heavy atom. The average Bonchev–Trinajstić information content (AvgIpc) is 2.95. The van der Waals surface area contributed by atoms with Crippen molar-refractivity contribution in [2.75, 3.05) is 18.5 Å². The van der Waals surface area contributed by atoms with E-state index in [9.17, 15) is 18.0 Å². The fourth-order valence-electron chi connectivity index (χ4n) is 3.13. The van der Waals surface area contributed by atoms with Crippen LogP contribution in [0.1, 0.15) is 50.4 Å². The molecule has 8 nitrogen and oxygen atoms in total. The lowest BCUT2D eigenvalue weighted by Gasteiger charge is -2.20. The van der Waals surface area contributed by atoms with Crippen molar-refractivity contribution in [2.45, 2.75) is 50.5 Å². The molecule has 2 aromatic rings. The van der Waals surface area contributed by atoms with E-state index in [1.54, 1.807) is 51.1 Å². The highest BCUT2D eigenvalue weighted by Gasteiger charge is 2.22. The zero-order valence-electron chi connectivity index (χ0n) is 18.4. The zero-order valence-corrected chi connectivity index (χ0v) is 19.3. The van der Waals surface area contributed by atoms with E-state index < -0.39 is 15.6 Å². The van der Waals surface area contributed by atoms with Crippen molar-refractivity contribution in [3.05, 3.63) is 48.0 Å². The number of hydrogen-bond acceptors (Lipinski definition) is 6. The predicted octanol–water partition coefficient (Wildman–Crippen LogP) is 3.53. The summed E-state index contributed by atoms with van der Waals surface area (Å²) in [5, 5.41) is 2.65. The van der Waals surface area contributed by atoms with Gasteiger partial charge < -0.3 is 14.8 Å². The highest BCUT2D eigenvalue weighted by atomic mass is 32.2. The Morgan fingerprint density at radius 1 is 0.969 bits per heavy atom. The first-order valence-electron chi connectivity index (χ1n) is 10.4. The molecule has 0 fully saturated rings. The maximum absolute atomic E-state index is 12.5. The van der Waals surface area contributed by atoms with Crippen LogP contribution in [0, 0.1) is 0 Å². The number of carbonyl (C=O) groups is 2. The van der Waals surface area contributed by atoms with E-state index in [0.29, 0.717) is 36.0 Å². The number of sulfonamides is 1. The van der Waals surface area contributed by atoms with Crippen LogP contribution < -0.4 is 19.5 Å². The van der Waals surface area contributed by atoms with Gasteiger partial charge in [-0.25, -0.2) is 13.1 Å². The summed E-state index contributed by atoms with van der Waals surface area (Å²) in [6, 6.07) is 11.0. The van der Waals surface area contributed by atoms with Gasteiger partial charge in [-0.15, -0.1) is 0 Å². The van der Waals surface area contributed by atoms with Crippen molar-refractivity contribution in [1.29, 1.82) is 0 Å². The third-order valence-electron chi connectivity index (χ3n) is 4.52. The Morgan fingerprint density at radius 3 is 2.41 bits per heavy atom. The van der Waals surface area contributed by atoms with E-state index in [1.807, 2.05) is 0 Å². The molecule has 32 heavy (non-hydrogen) atoms. The number of carbonyl (C=O) groups excluding carboxylic acids is 2. The number of Topliss-reactive ketones (excluding diaryl/α,β-unsaturated/α-hetero) is 1. The minimum atomic E-state index is -3.73. The van der Waals surface area contributed by atoms with Crippen molar-refractivity contribution >= 4 is 27.4 Å². The van der Waals surface area contributed by atoms with E-state index in [2.05, 4.69) is 10.0 Å². The normalized spacial score (nSPS) is 13.8. The number of fused-ring (bicyclic) bond motifs is 1. The van der Waals surface area contributed by atoms with Crippen LogP contribution >= 0.6 is 0 Å². The van der Waals surface area contributed by atoms with Crippen LogP contribution in [0.2, 0.25) is 0 Å². The molecule has 9 heteroatoms. The van der Waals surface area contributed by atoms with Gasteiger partial charge in [-0.3, -0.25) is 9.59 Å². The summed E-state index contributed by atoms with van der Waals surface area (Å²) in [7, 11) is -3.73. The maximum Gasteiger partial charge on any atom is 0.241 e. The molecule has 1 aliphatic heterocycles. The number of hydrogen-bond donors (Lipinski definition) is 2. The molecule has 0 radical (unpaired) electrons. The number of rotatable bonds is 7. The first kappa shape index (κ1) is 23.7. The Hall–Kier alpha value is -2.91. The van der Waals surface area contributed by atoms with Crippen molar-refractivity contribution in [3.63, 3.8) is 0 Å². The fourth-order valence-corrected chi connectivity index (χ4v) is 4.60. The number of ether oxygens (including phenoxy) is 2. The maximum atomic E-state index is 12.5. The Kier molecular flexibility index (Phi) is 7.20. The summed E-state index contributed by atoms with van der Waals surface area (Å²) in [6.45, 7) is 6.33. The van der Waals surface area contributed by atoms with Crippen LogP contribution in [0.15, 0.2) is 47.4 Å². The predicted molar refractivity (Wildman–Crippen MR) is 121 cm³/mol. The van der Waals surface area contributed by atoms with Gasteiger partial charge in [-0.05, 0) is 57.2 Å². The molecule has 2 aromatic carbocycles. The van der Waals surface area contributed by atoms with Gasteiger partial charge in [-0.1, -0.05) is 6.07 Å². The second-order valence-corrected chi connectivity index (χ2v) is 10.2. The monoisotopic (exact) mass is 460 g/mol. The summed E-state index contributed by atoms with van der Waals surface area (Å²) in [6.07, 6.45) is 0.743. The van der Waals surface area contributed by atoms with Crippen LogP contribution in [0.4, 0.5) is 5.69 Å². The number of amides is 1. The molecule has 3 rings (SSSR count).